The fourth-order valence-electron chi connectivity index (χ4n) is 1.34. The molecule has 0 aliphatic rings. The second kappa shape index (κ2) is 3.20. The molecule has 0 unspecified atom stereocenters. The molecule has 63 valence electrons. The van der Waals surface area contributed by atoms with Gasteiger partial charge in [0.25, 0.3) is 0 Å². The van der Waals surface area contributed by atoms with Crippen molar-refractivity contribution in [1.82, 2.24) is 0 Å². The first-order valence-corrected chi connectivity index (χ1v) is 4.10. The molecule has 0 atom stereocenters. The van der Waals surface area contributed by atoms with Crippen molar-refractivity contribution >= 4 is 10.8 Å². The molecule has 2 aromatic rings. The van der Waals surface area contributed by atoms with Crippen LogP contribution in [0, 0.1) is 28.7 Å². The zero-order valence-corrected chi connectivity index (χ0v) is 7.28. The van der Waals surface area contributed by atoms with E-state index in [1.165, 1.54) is 0 Å². The maximum Gasteiger partial charge on any atom is 0.101 e. The van der Waals surface area contributed by atoms with E-state index in [0.717, 1.165) is 10.8 Å². The SMILES string of the molecule is N#Cc1[c]c2ccccc2cc1C#N. The maximum absolute atomic E-state index is 8.79. The number of fused-ring (bicyclic) bond motifs is 1. The van der Waals surface area contributed by atoms with E-state index in [-0.39, 0.29) is 0 Å². The number of hydrogen-bond acceptors (Lipinski definition) is 2. The molecule has 0 saturated carbocycles. The van der Waals surface area contributed by atoms with E-state index in [1.54, 1.807) is 6.07 Å². The topological polar surface area (TPSA) is 47.6 Å². The predicted octanol–water partition coefficient (Wildman–Crippen LogP) is 2.38. The zero-order valence-electron chi connectivity index (χ0n) is 7.28. The summed E-state index contributed by atoms with van der Waals surface area (Å²) in [5.41, 5.74) is 0.692. The summed E-state index contributed by atoms with van der Waals surface area (Å²) in [5.74, 6) is 0. The van der Waals surface area contributed by atoms with E-state index in [9.17, 15) is 0 Å². The summed E-state index contributed by atoms with van der Waals surface area (Å²) in [6, 6.07) is 16.1. The molecule has 2 rings (SSSR count). The van der Waals surface area contributed by atoms with Crippen LogP contribution in [0.15, 0.2) is 30.3 Å². The van der Waals surface area contributed by atoms with Crippen LogP contribution in [0.2, 0.25) is 0 Å². The van der Waals surface area contributed by atoms with Gasteiger partial charge in [-0.25, -0.2) is 0 Å². The summed E-state index contributed by atoms with van der Waals surface area (Å²) in [5, 5.41) is 19.4. The normalized spacial score (nSPS) is 9.29. The van der Waals surface area contributed by atoms with Gasteiger partial charge in [0.15, 0.2) is 0 Å². The monoisotopic (exact) mass is 177 g/mol. The molecule has 0 saturated heterocycles. The fraction of sp³-hybridized carbons (Fsp3) is 0. The quantitative estimate of drug-likeness (QED) is 0.620. The Bertz CT molecular complexity index is 518. The predicted molar refractivity (Wildman–Crippen MR) is 52.2 cm³/mol. The Morgan fingerprint density at radius 1 is 1.07 bits per heavy atom. The van der Waals surface area contributed by atoms with E-state index in [2.05, 4.69) is 6.07 Å². The number of nitriles is 2. The third-order valence-electron chi connectivity index (χ3n) is 2.02. The van der Waals surface area contributed by atoms with Gasteiger partial charge < -0.3 is 0 Å². The lowest BCUT2D eigenvalue weighted by molar-refractivity contribution is 1.44. The van der Waals surface area contributed by atoms with Gasteiger partial charge >= 0.3 is 0 Å². The molecule has 14 heavy (non-hydrogen) atoms. The van der Waals surface area contributed by atoms with Gasteiger partial charge in [-0.05, 0) is 16.8 Å². The van der Waals surface area contributed by atoms with E-state index < -0.39 is 0 Å². The third kappa shape index (κ3) is 1.20. The smallest absolute Gasteiger partial charge is 0.101 e. The molecule has 1 radical (unpaired) electrons. The van der Waals surface area contributed by atoms with Gasteiger partial charge in [0.2, 0.25) is 0 Å². The molecular formula is C12H5N2. The van der Waals surface area contributed by atoms with Crippen LogP contribution in [0.25, 0.3) is 10.8 Å². The van der Waals surface area contributed by atoms with Gasteiger partial charge in [0.05, 0.1) is 11.1 Å². The highest BCUT2D eigenvalue weighted by atomic mass is 14.3. The maximum atomic E-state index is 8.79. The van der Waals surface area contributed by atoms with Crippen molar-refractivity contribution in [2.45, 2.75) is 0 Å². The van der Waals surface area contributed by atoms with Crippen molar-refractivity contribution in [2.75, 3.05) is 0 Å². The molecule has 0 aromatic heterocycles. The van der Waals surface area contributed by atoms with Crippen LogP contribution in [-0.4, -0.2) is 0 Å². The third-order valence-corrected chi connectivity index (χ3v) is 2.02. The van der Waals surface area contributed by atoms with Gasteiger partial charge in [-0.3, -0.25) is 0 Å². The van der Waals surface area contributed by atoms with Crippen LogP contribution >= 0.6 is 0 Å². The Hall–Kier alpha value is -2.32. The van der Waals surface area contributed by atoms with Crippen LogP contribution in [0.5, 0.6) is 0 Å². The minimum absolute atomic E-state index is 0.311. The van der Waals surface area contributed by atoms with Crippen molar-refractivity contribution in [3.63, 3.8) is 0 Å². The number of nitrogens with zero attached hydrogens (tertiary/aromatic N) is 2. The van der Waals surface area contributed by atoms with E-state index in [4.69, 9.17) is 10.5 Å². The number of hydrogen-bond donors (Lipinski definition) is 0. The second-order valence-electron chi connectivity index (χ2n) is 2.87. The first kappa shape index (κ1) is 8.29. The molecular weight excluding hydrogens is 172 g/mol. The number of rotatable bonds is 0. The van der Waals surface area contributed by atoms with E-state index in [1.807, 2.05) is 36.4 Å². The average Bonchev–Trinajstić information content (AvgIpc) is 2.27. The van der Waals surface area contributed by atoms with Crippen molar-refractivity contribution in [3.05, 3.63) is 47.5 Å². The number of benzene rings is 2. The first-order chi connectivity index (χ1) is 6.85. The molecule has 0 spiro atoms. The van der Waals surface area contributed by atoms with Crippen LogP contribution in [0.3, 0.4) is 0 Å². The van der Waals surface area contributed by atoms with Gasteiger partial charge in [-0.1, -0.05) is 24.3 Å². The highest BCUT2D eigenvalue weighted by Gasteiger charge is 2.03. The summed E-state index contributed by atoms with van der Waals surface area (Å²) in [4.78, 5) is 0. The van der Waals surface area contributed by atoms with Gasteiger partial charge in [-0.15, -0.1) is 0 Å². The summed E-state index contributed by atoms with van der Waals surface area (Å²) in [7, 11) is 0. The van der Waals surface area contributed by atoms with E-state index >= 15 is 0 Å². The van der Waals surface area contributed by atoms with Crippen LogP contribution in [-0.2, 0) is 0 Å². The zero-order chi connectivity index (χ0) is 9.97. The Balaban J connectivity index is 2.85. The summed E-state index contributed by atoms with van der Waals surface area (Å²) in [6.07, 6.45) is 0. The van der Waals surface area contributed by atoms with Crippen molar-refractivity contribution < 1.29 is 0 Å². The second-order valence-corrected chi connectivity index (χ2v) is 2.87. The average molecular weight is 177 g/mol. The molecule has 0 N–H and O–H groups in total. The van der Waals surface area contributed by atoms with Crippen LogP contribution in [0.4, 0.5) is 0 Å². The van der Waals surface area contributed by atoms with E-state index in [0.29, 0.717) is 11.1 Å². The lowest BCUT2D eigenvalue weighted by Crippen LogP contribution is -1.84. The molecule has 0 heterocycles. The molecule has 0 amide bonds. The molecule has 2 heteroatoms. The van der Waals surface area contributed by atoms with Crippen molar-refractivity contribution in [3.8, 4) is 12.1 Å². The Labute approximate surface area is 81.6 Å². The Morgan fingerprint density at radius 3 is 2.57 bits per heavy atom. The van der Waals surface area contributed by atoms with Crippen LogP contribution in [0.1, 0.15) is 11.1 Å². The summed E-state index contributed by atoms with van der Waals surface area (Å²) < 4.78 is 0. The lowest BCUT2D eigenvalue weighted by Gasteiger charge is -1.98. The molecule has 0 aliphatic carbocycles. The Kier molecular flexibility index (Phi) is 1.89. The molecule has 0 aliphatic heterocycles. The highest BCUT2D eigenvalue weighted by molar-refractivity contribution is 5.85. The van der Waals surface area contributed by atoms with Gasteiger partial charge in [0.1, 0.15) is 12.1 Å². The van der Waals surface area contributed by atoms with Gasteiger partial charge in [0, 0.05) is 6.07 Å². The lowest BCUT2D eigenvalue weighted by atomic mass is 10.0. The first-order valence-electron chi connectivity index (χ1n) is 4.10. The molecule has 0 bridgehead atoms. The van der Waals surface area contributed by atoms with Crippen LogP contribution < -0.4 is 0 Å². The summed E-state index contributed by atoms with van der Waals surface area (Å²) >= 11 is 0. The summed E-state index contributed by atoms with van der Waals surface area (Å²) in [6.45, 7) is 0. The largest absolute Gasteiger partial charge is 0.192 e. The Morgan fingerprint density at radius 2 is 1.86 bits per heavy atom. The minimum atomic E-state index is 0.311. The standard InChI is InChI=1S/C12H5N2/c13-7-11-5-9-3-1-2-4-10(9)6-12(11)8-14/h1-5H. The van der Waals surface area contributed by atoms with Gasteiger partial charge in [-0.2, -0.15) is 10.5 Å². The highest BCUT2D eigenvalue weighted by Crippen LogP contribution is 2.18. The van der Waals surface area contributed by atoms with Crippen molar-refractivity contribution in [2.24, 2.45) is 0 Å². The van der Waals surface area contributed by atoms with Crippen molar-refractivity contribution in [1.29, 1.82) is 10.5 Å². The molecule has 2 aromatic carbocycles. The fourth-order valence-corrected chi connectivity index (χ4v) is 1.34. The minimum Gasteiger partial charge on any atom is -0.192 e. The molecule has 0 fully saturated rings. The molecule has 2 nitrogen and oxygen atoms in total.